The van der Waals surface area contributed by atoms with Gasteiger partial charge in [0.15, 0.2) is 0 Å². The average molecular weight is 193 g/mol. The molecule has 0 radical (unpaired) electrons. The van der Waals surface area contributed by atoms with Crippen LogP contribution in [0.3, 0.4) is 0 Å². The first-order valence-corrected chi connectivity index (χ1v) is 4.50. The lowest BCUT2D eigenvalue weighted by Gasteiger charge is -2.30. The third-order valence-corrected chi connectivity index (χ3v) is 2.21. The normalized spacial score (nSPS) is 16.9. The van der Waals surface area contributed by atoms with Crippen LogP contribution in [0.1, 0.15) is 0 Å². The number of hydrogen-bond donors (Lipinski definition) is 0. The number of piperazine rings is 1. The fourth-order valence-electron chi connectivity index (χ4n) is 1.43. The molecule has 0 spiro atoms. The van der Waals surface area contributed by atoms with Crippen molar-refractivity contribution in [2.75, 3.05) is 31.1 Å². The van der Waals surface area contributed by atoms with E-state index in [2.05, 4.69) is 15.3 Å². The van der Waals surface area contributed by atoms with Gasteiger partial charge in [0.05, 0.1) is 18.4 Å². The minimum absolute atomic E-state index is 0.641. The standard InChI is InChI=1S/C8H11N5O/c14-11-13-6-4-12(5-7-13)8-9-2-1-3-10-8/h1-3H,4-7H2. The zero-order valence-electron chi connectivity index (χ0n) is 7.70. The second kappa shape index (κ2) is 3.99. The van der Waals surface area contributed by atoms with Crippen LogP contribution in [-0.2, 0) is 0 Å². The molecule has 1 aromatic heterocycles. The van der Waals surface area contributed by atoms with Crippen molar-refractivity contribution in [3.8, 4) is 0 Å². The maximum absolute atomic E-state index is 10.2. The molecular formula is C8H11N5O. The zero-order chi connectivity index (χ0) is 9.80. The first-order valence-electron chi connectivity index (χ1n) is 4.50. The lowest BCUT2D eigenvalue weighted by atomic mass is 10.4. The first kappa shape index (κ1) is 8.86. The van der Waals surface area contributed by atoms with E-state index in [1.54, 1.807) is 18.5 Å². The molecule has 2 heterocycles. The molecule has 0 bridgehead atoms. The van der Waals surface area contributed by atoms with E-state index >= 15 is 0 Å². The fourth-order valence-corrected chi connectivity index (χ4v) is 1.43. The Morgan fingerprint density at radius 3 is 2.36 bits per heavy atom. The molecule has 0 N–H and O–H groups in total. The van der Waals surface area contributed by atoms with Gasteiger partial charge in [-0.2, -0.15) is 0 Å². The molecular weight excluding hydrogens is 182 g/mol. The van der Waals surface area contributed by atoms with Crippen LogP contribution in [0.15, 0.2) is 23.7 Å². The Bertz CT molecular complexity index is 296. The van der Waals surface area contributed by atoms with Crippen molar-refractivity contribution in [1.29, 1.82) is 0 Å². The Labute approximate surface area is 81.5 Å². The summed E-state index contributed by atoms with van der Waals surface area (Å²) >= 11 is 0. The van der Waals surface area contributed by atoms with E-state index in [-0.39, 0.29) is 0 Å². The molecule has 1 fully saturated rings. The molecule has 1 aliphatic heterocycles. The Balaban J connectivity index is 1.99. The maximum Gasteiger partial charge on any atom is 0.225 e. The Morgan fingerprint density at radius 1 is 1.14 bits per heavy atom. The predicted octanol–water partition coefficient (Wildman–Crippen LogP) is 0.280. The number of hydrogen-bond acceptors (Lipinski definition) is 5. The lowest BCUT2D eigenvalue weighted by molar-refractivity contribution is 0.265. The molecule has 0 unspecified atom stereocenters. The molecule has 1 saturated heterocycles. The van der Waals surface area contributed by atoms with E-state index in [9.17, 15) is 4.91 Å². The van der Waals surface area contributed by atoms with Crippen LogP contribution >= 0.6 is 0 Å². The molecule has 74 valence electrons. The summed E-state index contributed by atoms with van der Waals surface area (Å²) in [5, 5.41) is 4.40. The van der Waals surface area contributed by atoms with Gasteiger partial charge >= 0.3 is 0 Å². The summed E-state index contributed by atoms with van der Waals surface area (Å²) in [4.78, 5) is 20.6. The monoisotopic (exact) mass is 193 g/mol. The lowest BCUT2D eigenvalue weighted by Crippen LogP contribution is -2.44. The first-order chi connectivity index (χ1) is 6.90. The van der Waals surface area contributed by atoms with Crippen LogP contribution in [0.5, 0.6) is 0 Å². The average Bonchev–Trinajstić information content (AvgIpc) is 2.30. The Kier molecular flexibility index (Phi) is 2.53. The number of anilines is 1. The summed E-state index contributed by atoms with van der Waals surface area (Å²) in [6, 6.07) is 1.78. The van der Waals surface area contributed by atoms with Gasteiger partial charge in [-0.05, 0) is 6.07 Å². The molecule has 14 heavy (non-hydrogen) atoms. The van der Waals surface area contributed by atoms with Crippen LogP contribution in [-0.4, -0.2) is 41.2 Å². The van der Waals surface area contributed by atoms with Crippen molar-refractivity contribution >= 4 is 5.95 Å². The highest BCUT2D eigenvalue weighted by Crippen LogP contribution is 2.09. The fraction of sp³-hybridized carbons (Fsp3) is 0.500. The summed E-state index contributed by atoms with van der Waals surface area (Å²) in [7, 11) is 0. The van der Waals surface area contributed by atoms with E-state index in [1.165, 1.54) is 5.01 Å². The summed E-state index contributed by atoms with van der Waals surface area (Å²) in [6.45, 7) is 2.77. The van der Waals surface area contributed by atoms with Gasteiger partial charge in [0, 0.05) is 25.5 Å². The SMILES string of the molecule is O=NN1CCN(c2ncccn2)CC1. The molecule has 0 atom stereocenters. The quantitative estimate of drug-likeness (QED) is 0.631. The highest BCUT2D eigenvalue weighted by molar-refractivity contribution is 5.28. The highest BCUT2D eigenvalue weighted by Gasteiger charge is 2.17. The van der Waals surface area contributed by atoms with Crippen molar-refractivity contribution in [2.24, 2.45) is 5.29 Å². The predicted molar refractivity (Wildman–Crippen MR) is 51.6 cm³/mol. The second-order valence-corrected chi connectivity index (χ2v) is 3.07. The van der Waals surface area contributed by atoms with Crippen LogP contribution in [0.4, 0.5) is 5.95 Å². The number of rotatable bonds is 2. The van der Waals surface area contributed by atoms with Crippen molar-refractivity contribution in [3.05, 3.63) is 23.4 Å². The molecule has 0 aliphatic carbocycles. The zero-order valence-corrected chi connectivity index (χ0v) is 7.70. The van der Waals surface area contributed by atoms with Crippen molar-refractivity contribution in [1.82, 2.24) is 15.0 Å². The number of nitroso groups, excluding NO2 is 1. The van der Waals surface area contributed by atoms with Crippen LogP contribution in [0, 0.1) is 4.91 Å². The van der Waals surface area contributed by atoms with Gasteiger partial charge in [0.2, 0.25) is 5.95 Å². The Morgan fingerprint density at radius 2 is 1.79 bits per heavy atom. The van der Waals surface area contributed by atoms with Gasteiger partial charge in [-0.25, -0.2) is 9.97 Å². The summed E-state index contributed by atoms with van der Waals surface area (Å²) in [5.74, 6) is 0.720. The van der Waals surface area contributed by atoms with E-state index in [0.717, 1.165) is 19.0 Å². The van der Waals surface area contributed by atoms with E-state index < -0.39 is 0 Å². The molecule has 1 aliphatic rings. The second-order valence-electron chi connectivity index (χ2n) is 3.07. The smallest absolute Gasteiger partial charge is 0.225 e. The Hall–Kier alpha value is -1.72. The van der Waals surface area contributed by atoms with E-state index in [1.807, 2.05) is 4.90 Å². The maximum atomic E-state index is 10.2. The summed E-state index contributed by atoms with van der Waals surface area (Å²) in [5.41, 5.74) is 0. The van der Waals surface area contributed by atoms with Crippen LogP contribution in [0.2, 0.25) is 0 Å². The molecule has 6 heteroatoms. The van der Waals surface area contributed by atoms with Gasteiger partial charge in [-0.3, -0.25) is 5.01 Å². The summed E-state index contributed by atoms with van der Waals surface area (Å²) in [6.07, 6.45) is 3.43. The third kappa shape index (κ3) is 1.78. The van der Waals surface area contributed by atoms with Gasteiger partial charge in [-0.1, -0.05) is 0 Å². The van der Waals surface area contributed by atoms with Gasteiger partial charge in [0.1, 0.15) is 0 Å². The van der Waals surface area contributed by atoms with Gasteiger partial charge in [0.25, 0.3) is 0 Å². The van der Waals surface area contributed by atoms with Crippen molar-refractivity contribution < 1.29 is 0 Å². The van der Waals surface area contributed by atoms with E-state index in [4.69, 9.17) is 0 Å². The van der Waals surface area contributed by atoms with Gasteiger partial charge < -0.3 is 4.90 Å². The molecule has 6 nitrogen and oxygen atoms in total. The highest BCUT2D eigenvalue weighted by atomic mass is 16.3. The minimum Gasteiger partial charge on any atom is -0.337 e. The van der Waals surface area contributed by atoms with Crippen LogP contribution < -0.4 is 4.90 Å². The van der Waals surface area contributed by atoms with Crippen molar-refractivity contribution in [3.63, 3.8) is 0 Å². The molecule has 0 aromatic carbocycles. The summed E-state index contributed by atoms with van der Waals surface area (Å²) < 4.78 is 0. The molecule has 2 rings (SSSR count). The molecule has 1 aromatic rings. The number of aromatic nitrogens is 2. The largest absolute Gasteiger partial charge is 0.337 e. The van der Waals surface area contributed by atoms with Gasteiger partial charge in [-0.15, -0.1) is 4.91 Å². The van der Waals surface area contributed by atoms with E-state index in [0.29, 0.717) is 13.1 Å². The third-order valence-electron chi connectivity index (χ3n) is 2.21. The molecule has 0 saturated carbocycles. The minimum atomic E-state index is 0.641. The van der Waals surface area contributed by atoms with Crippen LogP contribution in [0.25, 0.3) is 0 Å². The molecule has 0 amide bonds. The number of nitrogens with zero attached hydrogens (tertiary/aromatic N) is 5. The van der Waals surface area contributed by atoms with Crippen molar-refractivity contribution in [2.45, 2.75) is 0 Å². The topological polar surface area (TPSA) is 61.7 Å².